The van der Waals surface area contributed by atoms with Crippen molar-refractivity contribution in [1.82, 2.24) is 5.32 Å². The molecule has 0 atom stereocenters. The summed E-state index contributed by atoms with van der Waals surface area (Å²) in [6.45, 7) is 5.09. The Balaban J connectivity index is 2.49. The molecule has 1 amide bonds. The molecule has 88 valence electrons. The zero-order valence-corrected chi connectivity index (χ0v) is 12.0. The largest absolute Gasteiger partial charge is 0.352 e. The number of nitrogens with one attached hydrogen (secondary N) is 1. The fourth-order valence-electron chi connectivity index (χ4n) is 1.52. The Kier molecular flexibility index (Phi) is 5.80. The molecular formula is C13H18INO. The molecule has 1 N–H and O–H groups in total. The second kappa shape index (κ2) is 6.89. The Labute approximate surface area is 111 Å². The van der Waals surface area contributed by atoms with Gasteiger partial charge in [0.2, 0.25) is 0 Å². The number of amides is 1. The Hall–Kier alpha value is -0.580. The third-order valence-electron chi connectivity index (χ3n) is 2.81. The normalized spacial score (nSPS) is 10.5. The van der Waals surface area contributed by atoms with Crippen molar-refractivity contribution >= 4 is 28.5 Å². The lowest BCUT2D eigenvalue weighted by Crippen LogP contribution is -2.28. The second-order valence-electron chi connectivity index (χ2n) is 3.90. The highest BCUT2D eigenvalue weighted by Gasteiger charge is 2.08. The van der Waals surface area contributed by atoms with E-state index >= 15 is 0 Å². The van der Waals surface area contributed by atoms with Crippen molar-refractivity contribution in [2.24, 2.45) is 5.92 Å². The van der Waals surface area contributed by atoms with Gasteiger partial charge in [0.1, 0.15) is 0 Å². The van der Waals surface area contributed by atoms with Gasteiger partial charge in [0.15, 0.2) is 0 Å². The van der Waals surface area contributed by atoms with E-state index in [1.54, 1.807) is 0 Å². The summed E-state index contributed by atoms with van der Waals surface area (Å²) in [7, 11) is 0. The summed E-state index contributed by atoms with van der Waals surface area (Å²) < 4.78 is 1.15. The summed E-state index contributed by atoms with van der Waals surface area (Å²) in [5, 5.41) is 2.98. The molecule has 0 aliphatic heterocycles. The fourth-order valence-corrected chi connectivity index (χ4v) is 1.88. The molecule has 3 heteroatoms. The van der Waals surface area contributed by atoms with Crippen molar-refractivity contribution in [3.63, 3.8) is 0 Å². The van der Waals surface area contributed by atoms with Crippen molar-refractivity contribution in [2.75, 3.05) is 6.54 Å². The predicted octanol–water partition coefficient (Wildman–Crippen LogP) is 3.46. The zero-order valence-electron chi connectivity index (χ0n) is 9.79. The average molecular weight is 331 g/mol. The highest BCUT2D eigenvalue weighted by atomic mass is 127. The van der Waals surface area contributed by atoms with Crippen LogP contribution < -0.4 is 5.32 Å². The lowest BCUT2D eigenvalue weighted by molar-refractivity contribution is 0.0946. The first-order valence-electron chi connectivity index (χ1n) is 5.71. The van der Waals surface area contributed by atoms with Crippen LogP contribution in [0.3, 0.4) is 0 Å². The quantitative estimate of drug-likeness (QED) is 0.823. The molecule has 2 nitrogen and oxygen atoms in total. The Bertz CT molecular complexity index is 330. The van der Waals surface area contributed by atoms with E-state index in [2.05, 4.69) is 41.8 Å². The van der Waals surface area contributed by atoms with Crippen LogP contribution in [0.2, 0.25) is 0 Å². The molecule has 0 bridgehead atoms. The van der Waals surface area contributed by atoms with E-state index in [-0.39, 0.29) is 5.91 Å². The van der Waals surface area contributed by atoms with Crippen LogP contribution in [0.5, 0.6) is 0 Å². The van der Waals surface area contributed by atoms with Gasteiger partial charge >= 0.3 is 0 Å². The van der Waals surface area contributed by atoms with Crippen molar-refractivity contribution in [2.45, 2.75) is 26.7 Å². The number of halogens is 1. The van der Waals surface area contributed by atoms with Crippen molar-refractivity contribution in [3.8, 4) is 0 Å². The van der Waals surface area contributed by atoms with E-state index in [4.69, 9.17) is 0 Å². The smallest absolute Gasteiger partial charge is 0.251 e. The highest BCUT2D eigenvalue weighted by Crippen LogP contribution is 2.08. The van der Waals surface area contributed by atoms with Gasteiger partial charge in [-0.15, -0.1) is 0 Å². The maximum absolute atomic E-state index is 11.8. The monoisotopic (exact) mass is 331 g/mol. The van der Waals surface area contributed by atoms with Crippen LogP contribution in [0.25, 0.3) is 0 Å². The molecule has 1 rings (SSSR count). The van der Waals surface area contributed by atoms with Crippen LogP contribution >= 0.6 is 22.6 Å². The first kappa shape index (κ1) is 13.5. The van der Waals surface area contributed by atoms with E-state index in [1.165, 1.54) is 0 Å². The van der Waals surface area contributed by atoms with Gasteiger partial charge in [-0.2, -0.15) is 0 Å². The van der Waals surface area contributed by atoms with Gasteiger partial charge in [0, 0.05) is 15.7 Å². The lowest BCUT2D eigenvalue weighted by Gasteiger charge is -2.13. The Morgan fingerprint density at radius 2 is 1.81 bits per heavy atom. The predicted molar refractivity (Wildman–Crippen MR) is 75.6 cm³/mol. The lowest BCUT2D eigenvalue weighted by atomic mass is 10.0. The molecule has 1 aromatic carbocycles. The molecule has 0 aliphatic rings. The standard InChI is InChI=1S/C13H18INO/c1-3-10(4-2)9-15-13(16)11-5-7-12(14)8-6-11/h5-8,10H,3-4,9H2,1-2H3,(H,15,16). The average Bonchev–Trinajstić information content (AvgIpc) is 2.31. The van der Waals surface area contributed by atoms with Crippen LogP contribution in [-0.2, 0) is 0 Å². The number of hydrogen-bond acceptors (Lipinski definition) is 1. The van der Waals surface area contributed by atoms with E-state index in [0.29, 0.717) is 5.92 Å². The number of carbonyl (C=O) groups is 1. The van der Waals surface area contributed by atoms with Gasteiger partial charge in [-0.1, -0.05) is 26.7 Å². The van der Waals surface area contributed by atoms with Gasteiger partial charge < -0.3 is 5.32 Å². The minimum atomic E-state index is 0.0308. The van der Waals surface area contributed by atoms with E-state index < -0.39 is 0 Å². The van der Waals surface area contributed by atoms with Crippen molar-refractivity contribution < 1.29 is 4.79 Å². The SMILES string of the molecule is CCC(CC)CNC(=O)c1ccc(I)cc1. The Morgan fingerprint density at radius 3 is 2.31 bits per heavy atom. The summed E-state index contributed by atoms with van der Waals surface area (Å²) in [5.41, 5.74) is 0.742. The molecule has 16 heavy (non-hydrogen) atoms. The summed E-state index contributed by atoms with van der Waals surface area (Å²) in [6, 6.07) is 7.63. The third kappa shape index (κ3) is 4.12. The minimum absolute atomic E-state index is 0.0308. The van der Waals surface area contributed by atoms with E-state index in [9.17, 15) is 4.79 Å². The van der Waals surface area contributed by atoms with Crippen molar-refractivity contribution in [1.29, 1.82) is 0 Å². The molecule has 0 saturated heterocycles. The van der Waals surface area contributed by atoms with Gasteiger partial charge in [0.05, 0.1) is 0 Å². The van der Waals surface area contributed by atoms with Gasteiger partial charge in [-0.3, -0.25) is 4.79 Å². The van der Waals surface area contributed by atoms with Crippen LogP contribution in [0, 0.1) is 9.49 Å². The molecule has 0 aliphatic carbocycles. The van der Waals surface area contributed by atoms with E-state index in [0.717, 1.165) is 28.5 Å². The Morgan fingerprint density at radius 1 is 1.25 bits per heavy atom. The van der Waals surface area contributed by atoms with Crippen molar-refractivity contribution in [3.05, 3.63) is 33.4 Å². The highest BCUT2D eigenvalue weighted by molar-refractivity contribution is 14.1. The molecule has 0 unspecified atom stereocenters. The van der Waals surface area contributed by atoms with Crippen LogP contribution in [0.1, 0.15) is 37.0 Å². The van der Waals surface area contributed by atoms with Gasteiger partial charge in [0.25, 0.3) is 5.91 Å². The fraction of sp³-hybridized carbons (Fsp3) is 0.462. The summed E-state index contributed by atoms with van der Waals surface area (Å²) in [4.78, 5) is 11.8. The number of rotatable bonds is 5. The molecule has 0 fully saturated rings. The topological polar surface area (TPSA) is 29.1 Å². The molecule has 0 heterocycles. The van der Waals surface area contributed by atoms with Crippen LogP contribution in [-0.4, -0.2) is 12.5 Å². The molecule has 0 spiro atoms. The zero-order chi connectivity index (χ0) is 12.0. The minimum Gasteiger partial charge on any atom is -0.352 e. The summed E-state index contributed by atoms with van der Waals surface area (Å²) in [5.74, 6) is 0.621. The first-order chi connectivity index (χ1) is 7.67. The molecular weight excluding hydrogens is 313 g/mol. The summed E-state index contributed by atoms with van der Waals surface area (Å²) >= 11 is 2.23. The maximum Gasteiger partial charge on any atom is 0.251 e. The second-order valence-corrected chi connectivity index (χ2v) is 5.15. The first-order valence-corrected chi connectivity index (χ1v) is 6.79. The van der Waals surface area contributed by atoms with Gasteiger partial charge in [-0.25, -0.2) is 0 Å². The van der Waals surface area contributed by atoms with Crippen LogP contribution in [0.15, 0.2) is 24.3 Å². The van der Waals surface area contributed by atoms with E-state index in [1.807, 2.05) is 24.3 Å². The maximum atomic E-state index is 11.8. The third-order valence-corrected chi connectivity index (χ3v) is 3.53. The van der Waals surface area contributed by atoms with Crippen LogP contribution in [0.4, 0.5) is 0 Å². The number of hydrogen-bond donors (Lipinski definition) is 1. The summed E-state index contributed by atoms with van der Waals surface area (Å²) in [6.07, 6.45) is 2.23. The number of benzene rings is 1. The molecule has 0 aromatic heterocycles. The molecule has 1 aromatic rings. The molecule has 0 radical (unpaired) electrons. The number of carbonyl (C=O) groups excluding carboxylic acids is 1. The molecule has 0 saturated carbocycles. The van der Waals surface area contributed by atoms with Gasteiger partial charge in [-0.05, 0) is 52.8 Å².